The highest BCUT2D eigenvalue weighted by atomic mass is 16.5. The van der Waals surface area contributed by atoms with Gasteiger partial charge in [0.2, 0.25) is 0 Å². The molecule has 0 radical (unpaired) electrons. The minimum Gasteiger partial charge on any atom is -0.497 e. The standard InChI is InChI=1S/C16H16O3.C3H8.C2H6/c1-12(17)19-16-9-5-14(6-10-16)11-13-3-7-15(18-2)8-4-13;1-3-2;1-2/h3-10H,11H2,1-2H3;3H2,1-2H3;1-2H3. The molecule has 24 heavy (non-hydrogen) atoms. The fourth-order valence-electron chi connectivity index (χ4n) is 1.82. The summed E-state index contributed by atoms with van der Waals surface area (Å²) in [5.74, 6) is 1.13. The van der Waals surface area contributed by atoms with Crippen LogP contribution in [-0.2, 0) is 11.2 Å². The van der Waals surface area contributed by atoms with Crippen molar-refractivity contribution in [1.82, 2.24) is 0 Å². The van der Waals surface area contributed by atoms with Gasteiger partial charge in [-0.25, -0.2) is 0 Å². The van der Waals surface area contributed by atoms with E-state index in [4.69, 9.17) is 9.47 Å². The van der Waals surface area contributed by atoms with E-state index in [2.05, 4.69) is 13.8 Å². The molecule has 0 amide bonds. The topological polar surface area (TPSA) is 35.5 Å². The Bertz CT molecular complexity index is 557. The van der Waals surface area contributed by atoms with Crippen LogP contribution in [0.15, 0.2) is 48.5 Å². The number of rotatable bonds is 4. The lowest BCUT2D eigenvalue weighted by Gasteiger charge is -2.05. The van der Waals surface area contributed by atoms with Crippen LogP contribution in [0.3, 0.4) is 0 Å². The van der Waals surface area contributed by atoms with Gasteiger partial charge in [-0.2, -0.15) is 0 Å². The second kappa shape index (κ2) is 13.2. The normalized spacial score (nSPS) is 8.92. The molecule has 0 saturated heterocycles. The minimum atomic E-state index is -0.303. The Morgan fingerprint density at radius 1 is 0.833 bits per heavy atom. The zero-order chi connectivity index (χ0) is 18.4. The van der Waals surface area contributed by atoms with Crippen molar-refractivity contribution in [3.8, 4) is 11.5 Å². The summed E-state index contributed by atoms with van der Waals surface area (Å²) in [5.41, 5.74) is 2.38. The number of ether oxygens (including phenoxy) is 2. The second-order valence-corrected chi connectivity index (χ2v) is 4.97. The van der Waals surface area contributed by atoms with E-state index in [9.17, 15) is 4.79 Å². The quantitative estimate of drug-likeness (QED) is 0.536. The van der Waals surface area contributed by atoms with E-state index in [1.54, 1.807) is 19.2 Å². The van der Waals surface area contributed by atoms with E-state index in [-0.39, 0.29) is 5.97 Å². The third-order valence-electron chi connectivity index (χ3n) is 2.75. The smallest absolute Gasteiger partial charge is 0.308 e. The van der Waals surface area contributed by atoms with Crippen LogP contribution in [0, 0.1) is 0 Å². The Hall–Kier alpha value is -2.29. The van der Waals surface area contributed by atoms with Gasteiger partial charge in [0.25, 0.3) is 0 Å². The molecular formula is C21H30O3. The molecule has 2 aromatic carbocycles. The Labute approximate surface area is 146 Å². The first-order valence-electron chi connectivity index (χ1n) is 8.49. The van der Waals surface area contributed by atoms with Gasteiger partial charge < -0.3 is 9.47 Å². The molecule has 0 aliphatic carbocycles. The van der Waals surface area contributed by atoms with E-state index in [1.165, 1.54) is 24.5 Å². The third kappa shape index (κ3) is 8.99. The van der Waals surface area contributed by atoms with Crippen molar-refractivity contribution in [3.63, 3.8) is 0 Å². The van der Waals surface area contributed by atoms with Gasteiger partial charge >= 0.3 is 5.97 Å². The maximum atomic E-state index is 10.8. The van der Waals surface area contributed by atoms with Crippen molar-refractivity contribution in [3.05, 3.63) is 59.7 Å². The molecule has 0 spiro atoms. The minimum absolute atomic E-state index is 0.303. The van der Waals surface area contributed by atoms with Crippen LogP contribution in [0.4, 0.5) is 0 Å². The first-order chi connectivity index (χ1) is 11.6. The number of methoxy groups -OCH3 is 1. The van der Waals surface area contributed by atoms with E-state index < -0.39 is 0 Å². The van der Waals surface area contributed by atoms with Crippen LogP contribution in [0.5, 0.6) is 11.5 Å². The summed E-state index contributed by atoms with van der Waals surface area (Å²) in [6, 6.07) is 15.5. The Kier molecular flexibility index (Phi) is 11.9. The molecule has 0 aliphatic rings. The van der Waals surface area contributed by atoms with Crippen molar-refractivity contribution in [2.75, 3.05) is 7.11 Å². The summed E-state index contributed by atoms with van der Waals surface area (Å²) in [7, 11) is 1.66. The summed E-state index contributed by atoms with van der Waals surface area (Å²) >= 11 is 0. The molecule has 0 unspecified atom stereocenters. The zero-order valence-corrected chi connectivity index (χ0v) is 15.8. The molecule has 2 rings (SSSR count). The lowest BCUT2D eigenvalue weighted by Crippen LogP contribution is -2.01. The van der Waals surface area contributed by atoms with Gasteiger partial charge in [0, 0.05) is 6.92 Å². The number of carbonyl (C=O) groups excluding carboxylic acids is 1. The molecule has 0 atom stereocenters. The second-order valence-electron chi connectivity index (χ2n) is 4.97. The number of carbonyl (C=O) groups is 1. The summed E-state index contributed by atoms with van der Waals surface area (Å²) < 4.78 is 10.1. The fourth-order valence-corrected chi connectivity index (χ4v) is 1.82. The molecule has 2 aromatic rings. The molecule has 0 fully saturated rings. The van der Waals surface area contributed by atoms with Gasteiger partial charge in [-0.15, -0.1) is 0 Å². The number of esters is 1. The number of benzene rings is 2. The third-order valence-corrected chi connectivity index (χ3v) is 2.75. The highest BCUT2D eigenvalue weighted by Crippen LogP contribution is 2.17. The molecular weight excluding hydrogens is 300 g/mol. The molecule has 132 valence electrons. The predicted octanol–water partition coefficient (Wildman–Crippen LogP) is 5.65. The van der Waals surface area contributed by atoms with E-state index in [0.29, 0.717) is 5.75 Å². The van der Waals surface area contributed by atoms with Crippen molar-refractivity contribution in [2.24, 2.45) is 0 Å². The zero-order valence-electron chi connectivity index (χ0n) is 15.8. The summed E-state index contributed by atoms with van der Waals surface area (Å²) in [6.45, 7) is 9.64. The summed E-state index contributed by atoms with van der Waals surface area (Å²) in [5, 5.41) is 0. The van der Waals surface area contributed by atoms with Gasteiger partial charge in [0.15, 0.2) is 0 Å². The first kappa shape index (κ1) is 21.7. The molecule has 3 heteroatoms. The first-order valence-corrected chi connectivity index (χ1v) is 8.49. The largest absolute Gasteiger partial charge is 0.497 e. The highest BCUT2D eigenvalue weighted by molar-refractivity contribution is 5.69. The Morgan fingerprint density at radius 2 is 1.21 bits per heavy atom. The van der Waals surface area contributed by atoms with Crippen molar-refractivity contribution in [1.29, 1.82) is 0 Å². The van der Waals surface area contributed by atoms with Crippen LogP contribution >= 0.6 is 0 Å². The average molecular weight is 330 g/mol. The molecule has 0 bridgehead atoms. The van der Waals surface area contributed by atoms with Crippen molar-refractivity contribution in [2.45, 2.75) is 47.5 Å². The van der Waals surface area contributed by atoms with Gasteiger partial charge in [-0.1, -0.05) is 58.4 Å². The van der Waals surface area contributed by atoms with Crippen LogP contribution in [-0.4, -0.2) is 13.1 Å². The number of hydrogen-bond donors (Lipinski definition) is 0. The van der Waals surface area contributed by atoms with Gasteiger partial charge in [0.05, 0.1) is 7.11 Å². The van der Waals surface area contributed by atoms with Gasteiger partial charge in [0.1, 0.15) is 11.5 Å². The summed E-state index contributed by atoms with van der Waals surface area (Å²) in [6.07, 6.45) is 2.09. The fraction of sp³-hybridized carbons (Fsp3) is 0.381. The lowest BCUT2D eigenvalue weighted by atomic mass is 10.0. The van der Waals surface area contributed by atoms with Crippen molar-refractivity contribution < 1.29 is 14.3 Å². The molecule has 0 saturated carbocycles. The maximum absolute atomic E-state index is 10.8. The maximum Gasteiger partial charge on any atom is 0.308 e. The molecule has 3 nitrogen and oxygen atoms in total. The highest BCUT2D eigenvalue weighted by Gasteiger charge is 2.00. The van der Waals surface area contributed by atoms with Crippen LogP contribution < -0.4 is 9.47 Å². The van der Waals surface area contributed by atoms with Crippen molar-refractivity contribution >= 4 is 5.97 Å². The van der Waals surface area contributed by atoms with Crippen LogP contribution in [0.2, 0.25) is 0 Å². The molecule has 0 heterocycles. The molecule has 0 aliphatic heterocycles. The van der Waals surface area contributed by atoms with Crippen LogP contribution in [0.1, 0.15) is 52.2 Å². The monoisotopic (exact) mass is 330 g/mol. The van der Waals surface area contributed by atoms with E-state index >= 15 is 0 Å². The Morgan fingerprint density at radius 3 is 1.54 bits per heavy atom. The van der Waals surface area contributed by atoms with Gasteiger partial charge in [-0.3, -0.25) is 4.79 Å². The summed E-state index contributed by atoms with van der Waals surface area (Å²) in [4.78, 5) is 10.8. The van der Waals surface area contributed by atoms with E-state index in [0.717, 1.165) is 12.2 Å². The van der Waals surface area contributed by atoms with Crippen LogP contribution in [0.25, 0.3) is 0 Å². The SMILES string of the molecule is CC.CCC.COc1ccc(Cc2ccc(OC(C)=O)cc2)cc1. The van der Waals surface area contributed by atoms with Gasteiger partial charge in [-0.05, 0) is 41.8 Å². The lowest BCUT2D eigenvalue weighted by molar-refractivity contribution is -0.131. The predicted molar refractivity (Wildman–Crippen MR) is 101 cm³/mol. The molecule has 0 N–H and O–H groups in total. The molecule has 0 aromatic heterocycles. The number of hydrogen-bond acceptors (Lipinski definition) is 3. The average Bonchev–Trinajstić information content (AvgIpc) is 2.59. The van der Waals surface area contributed by atoms with E-state index in [1.807, 2.05) is 50.2 Å². The Balaban J connectivity index is 0.000000952.